The van der Waals surface area contributed by atoms with Crippen molar-refractivity contribution in [1.82, 2.24) is 9.80 Å². The van der Waals surface area contributed by atoms with E-state index in [2.05, 4.69) is 11.0 Å². The van der Waals surface area contributed by atoms with Gasteiger partial charge in [-0.2, -0.15) is 0 Å². The maximum absolute atomic E-state index is 12.7. The fraction of sp³-hybridized carbons (Fsp3) is 0.611. The Morgan fingerprint density at radius 1 is 1.39 bits per heavy atom. The second-order valence-electron chi connectivity index (χ2n) is 6.64. The SMILES string of the molecule is CCN(CC)C(=O)C1CN2CCc3ccc(N)cc3C2CC1O. The molecule has 2 aliphatic heterocycles. The minimum absolute atomic E-state index is 0.0827. The number of carbonyl (C=O) groups excluding carboxylic acids is 1. The molecule has 5 heteroatoms. The van der Waals surface area contributed by atoms with Crippen molar-refractivity contribution in [1.29, 1.82) is 0 Å². The zero-order valence-corrected chi connectivity index (χ0v) is 14.0. The molecule has 0 saturated carbocycles. The van der Waals surface area contributed by atoms with Gasteiger partial charge < -0.3 is 15.7 Å². The Morgan fingerprint density at radius 2 is 2.13 bits per heavy atom. The van der Waals surface area contributed by atoms with Crippen LogP contribution in [0.2, 0.25) is 0 Å². The van der Waals surface area contributed by atoms with Crippen molar-refractivity contribution >= 4 is 11.6 Å². The third-order valence-electron chi connectivity index (χ3n) is 5.39. The lowest BCUT2D eigenvalue weighted by atomic mass is 9.81. The third-order valence-corrected chi connectivity index (χ3v) is 5.39. The lowest BCUT2D eigenvalue weighted by molar-refractivity contribution is -0.144. The fourth-order valence-corrected chi connectivity index (χ4v) is 4.04. The van der Waals surface area contributed by atoms with Gasteiger partial charge in [0.25, 0.3) is 0 Å². The van der Waals surface area contributed by atoms with Gasteiger partial charge in [0, 0.05) is 37.9 Å². The fourth-order valence-electron chi connectivity index (χ4n) is 4.04. The molecule has 1 aromatic carbocycles. The van der Waals surface area contributed by atoms with E-state index in [1.807, 2.05) is 30.9 Å². The molecule has 1 aromatic rings. The molecule has 1 amide bonds. The van der Waals surface area contributed by atoms with E-state index in [1.54, 1.807) is 0 Å². The summed E-state index contributed by atoms with van der Waals surface area (Å²) in [5.74, 6) is -0.229. The quantitative estimate of drug-likeness (QED) is 0.827. The number of hydrogen-bond donors (Lipinski definition) is 2. The largest absolute Gasteiger partial charge is 0.399 e. The van der Waals surface area contributed by atoms with Crippen LogP contribution in [0.15, 0.2) is 18.2 Å². The van der Waals surface area contributed by atoms with Crippen LogP contribution in [0.25, 0.3) is 0 Å². The van der Waals surface area contributed by atoms with Gasteiger partial charge in [-0.15, -0.1) is 0 Å². The molecule has 1 saturated heterocycles. The number of aliphatic hydroxyl groups is 1. The average molecular weight is 317 g/mol. The highest BCUT2D eigenvalue weighted by atomic mass is 16.3. The number of hydrogen-bond acceptors (Lipinski definition) is 4. The number of rotatable bonds is 3. The first-order chi connectivity index (χ1) is 11.0. The third kappa shape index (κ3) is 2.95. The van der Waals surface area contributed by atoms with Crippen LogP contribution < -0.4 is 5.73 Å². The first kappa shape index (κ1) is 16.3. The molecule has 3 unspecified atom stereocenters. The normalized spacial score (nSPS) is 27.2. The van der Waals surface area contributed by atoms with Crippen LogP contribution in [0.4, 0.5) is 5.69 Å². The predicted molar refractivity (Wildman–Crippen MR) is 90.9 cm³/mol. The van der Waals surface area contributed by atoms with Gasteiger partial charge in [-0.3, -0.25) is 9.69 Å². The summed E-state index contributed by atoms with van der Waals surface area (Å²) in [6.45, 7) is 6.94. The molecule has 3 atom stereocenters. The van der Waals surface area contributed by atoms with Crippen LogP contribution in [0.1, 0.15) is 37.4 Å². The second-order valence-corrected chi connectivity index (χ2v) is 6.64. The molecule has 0 spiro atoms. The van der Waals surface area contributed by atoms with Gasteiger partial charge in [0.05, 0.1) is 12.0 Å². The highest BCUT2D eigenvalue weighted by Crippen LogP contribution is 2.39. The summed E-state index contributed by atoms with van der Waals surface area (Å²) >= 11 is 0. The van der Waals surface area contributed by atoms with E-state index in [0.29, 0.717) is 26.1 Å². The Balaban J connectivity index is 1.81. The zero-order valence-electron chi connectivity index (χ0n) is 14.0. The number of nitrogens with two attached hydrogens (primary N) is 1. The molecular formula is C18H27N3O2. The minimum Gasteiger partial charge on any atom is -0.399 e. The minimum atomic E-state index is -0.586. The summed E-state index contributed by atoms with van der Waals surface area (Å²) in [6, 6.07) is 6.26. The number of piperidine rings is 1. The Labute approximate surface area is 138 Å². The highest BCUT2D eigenvalue weighted by molar-refractivity contribution is 5.79. The van der Waals surface area contributed by atoms with E-state index in [1.165, 1.54) is 11.1 Å². The Bertz CT molecular complexity index is 586. The standard InChI is InChI=1S/C18H27N3O2/c1-3-20(4-2)18(23)15-11-21-8-7-12-5-6-13(19)9-14(12)16(21)10-17(15)22/h5-6,9,15-17,22H,3-4,7-8,10-11,19H2,1-2H3. The van der Waals surface area contributed by atoms with Gasteiger partial charge >= 0.3 is 0 Å². The second kappa shape index (κ2) is 6.49. The molecule has 5 nitrogen and oxygen atoms in total. The Hall–Kier alpha value is -1.59. The van der Waals surface area contributed by atoms with Crippen molar-refractivity contribution in [2.45, 2.75) is 38.8 Å². The van der Waals surface area contributed by atoms with E-state index in [-0.39, 0.29) is 17.9 Å². The van der Waals surface area contributed by atoms with Crippen molar-refractivity contribution in [2.24, 2.45) is 5.92 Å². The van der Waals surface area contributed by atoms with Gasteiger partial charge in [-0.25, -0.2) is 0 Å². The monoisotopic (exact) mass is 317 g/mol. The number of benzene rings is 1. The molecule has 0 bridgehead atoms. The van der Waals surface area contributed by atoms with Crippen LogP contribution in [0.5, 0.6) is 0 Å². The number of carbonyl (C=O) groups is 1. The van der Waals surface area contributed by atoms with Gasteiger partial charge in [-0.05, 0) is 49.9 Å². The first-order valence-corrected chi connectivity index (χ1v) is 8.64. The van der Waals surface area contributed by atoms with E-state index in [0.717, 1.165) is 18.7 Å². The van der Waals surface area contributed by atoms with Crippen LogP contribution in [0, 0.1) is 5.92 Å². The Morgan fingerprint density at radius 3 is 2.83 bits per heavy atom. The number of aliphatic hydroxyl groups excluding tert-OH is 1. The zero-order chi connectivity index (χ0) is 16.6. The average Bonchev–Trinajstić information content (AvgIpc) is 2.55. The molecule has 0 aromatic heterocycles. The number of nitrogens with zero attached hydrogens (tertiary/aromatic N) is 2. The van der Waals surface area contributed by atoms with Crippen molar-refractivity contribution in [2.75, 3.05) is 31.9 Å². The van der Waals surface area contributed by atoms with Crippen LogP contribution in [-0.4, -0.2) is 53.1 Å². The number of nitrogen functional groups attached to an aromatic ring is 1. The van der Waals surface area contributed by atoms with Gasteiger partial charge in [0.15, 0.2) is 0 Å². The molecule has 0 radical (unpaired) electrons. The molecule has 0 aliphatic carbocycles. The molecule has 126 valence electrons. The smallest absolute Gasteiger partial charge is 0.229 e. The molecule has 2 aliphatic rings. The van der Waals surface area contributed by atoms with Crippen LogP contribution in [-0.2, 0) is 11.2 Å². The number of amides is 1. The van der Waals surface area contributed by atoms with Gasteiger partial charge in [0.1, 0.15) is 0 Å². The number of anilines is 1. The lowest BCUT2D eigenvalue weighted by Crippen LogP contribution is -2.53. The summed E-state index contributed by atoms with van der Waals surface area (Å²) in [4.78, 5) is 16.8. The lowest BCUT2D eigenvalue weighted by Gasteiger charge is -2.46. The summed E-state index contributed by atoms with van der Waals surface area (Å²) in [5.41, 5.74) is 9.26. The predicted octanol–water partition coefficient (Wildman–Crippen LogP) is 1.42. The molecule has 3 N–H and O–H groups in total. The van der Waals surface area contributed by atoms with Crippen molar-refractivity contribution < 1.29 is 9.90 Å². The summed E-state index contributed by atoms with van der Waals surface area (Å²) in [5, 5.41) is 10.6. The maximum atomic E-state index is 12.7. The topological polar surface area (TPSA) is 69.8 Å². The van der Waals surface area contributed by atoms with Crippen molar-refractivity contribution in [3.05, 3.63) is 29.3 Å². The summed E-state index contributed by atoms with van der Waals surface area (Å²) in [7, 11) is 0. The maximum Gasteiger partial charge on any atom is 0.229 e. The number of fused-ring (bicyclic) bond motifs is 3. The van der Waals surface area contributed by atoms with Crippen molar-refractivity contribution in [3.63, 3.8) is 0 Å². The van der Waals surface area contributed by atoms with Gasteiger partial charge in [0.2, 0.25) is 5.91 Å². The van der Waals surface area contributed by atoms with E-state index < -0.39 is 6.10 Å². The van der Waals surface area contributed by atoms with E-state index >= 15 is 0 Å². The Kier molecular flexibility index (Phi) is 4.60. The van der Waals surface area contributed by atoms with E-state index in [4.69, 9.17) is 5.73 Å². The summed E-state index contributed by atoms with van der Waals surface area (Å²) in [6.07, 6.45) is 0.999. The molecule has 2 heterocycles. The van der Waals surface area contributed by atoms with E-state index in [9.17, 15) is 9.90 Å². The highest BCUT2D eigenvalue weighted by Gasteiger charge is 2.42. The molecular weight excluding hydrogens is 290 g/mol. The molecule has 23 heavy (non-hydrogen) atoms. The summed E-state index contributed by atoms with van der Waals surface area (Å²) < 4.78 is 0. The molecule has 1 fully saturated rings. The van der Waals surface area contributed by atoms with Gasteiger partial charge in [-0.1, -0.05) is 6.07 Å². The van der Waals surface area contributed by atoms with Crippen molar-refractivity contribution in [3.8, 4) is 0 Å². The van der Waals surface area contributed by atoms with Crippen LogP contribution in [0.3, 0.4) is 0 Å². The molecule has 3 rings (SSSR count). The van der Waals surface area contributed by atoms with Crippen LogP contribution >= 0.6 is 0 Å². The first-order valence-electron chi connectivity index (χ1n) is 8.64.